The quantitative estimate of drug-likeness (QED) is 0.732. The van der Waals surface area contributed by atoms with Crippen LogP contribution in [0.15, 0.2) is 59.1 Å². The smallest absolute Gasteiger partial charge is 0.335 e. The first-order chi connectivity index (χ1) is 11.1. The summed E-state index contributed by atoms with van der Waals surface area (Å²) in [6.07, 6.45) is 0. The van der Waals surface area contributed by atoms with Crippen LogP contribution >= 0.6 is 0 Å². The largest absolute Gasteiger partial charge is 0.478 e. The summed E-state index contributed by atoms with van der Waals surface area (Å²) in [6, 6.07) is 16.1. The topological polar surface area (TPSA) is 63.3 Å². The Morgan fingerprint density at radius 2 is 1.74 bits per heavy atom. The molecule has 0 unspecified atom stereocenters. The van der Waals surface area contributed by atoms with Gasteiger partial charge in [0.2, 0.25) is 0 Å². The predicted molar refractivity (Wildman–Crippen MR) is 86.1 cm³/mol. The molecule has 0 amide bonds. The summed E-state index contributed by atoms with van der Waals surface area (Å²) in [5, 5.41) is 13.0. The second-order valence-electron chi connectivity index (χ2n) is 4.96. The van der Waals surface area contributed by atoms with E-state index < -0.39 is 5.97 Å². The zero-order valence-electron chi connectivity index (χ0n) is 12.4. The molecule has 3 rings (SSSR count). The second-order valence-corrected chi connectivity index (χ2v) is 4.96. The van der Waals surface area contributed by atoms with E-state index in [1.165, 1.54) is 12.1 Å². The molecule has 0 bridgehead atoms. The summed E-state index contributed by atoms with van der Waals surface area (Å²) in [5.74, 6) is 5.79. The molecule has 0 spiro atoms. The highest BCUT2D eigenvalue weighted by atomic mass is 16.5. The molecule has 0 saturated heterocycles. The average molecular weight is 303 g/mol. The van der Waals surface area contributed by atoms with Gasteiger partial charge in [0.25, 0.3) is 0 Å². The van der Waals surface area contributed by atoms with Crippen LogP contribution in [0.5, 0.6) is 0 Å². The van der Waals surface area contributed by atoms with Crippen LogP contribution in [0.2, 0.25) is 0 Å². The summed E-state index contributed by atoms with van der Waals surface area (Å²) in [5.41, 5.74) is 3.35. The lowest BCUT2D eigenvalue weighted by atomic mass is 10.1. The molecular weight excluding hydrogens is 290 g/mol. The summed E-state index contributed by atoms with van der Waals surface area (Å²) >= 11 is 0. The van der Waals surface area contributed by atoms with Crippen molar-refractivity contribution in [3.05, 3.63) is 77.0 Å². The fourth-order valence-corrected chi connectivity index (χ4v) is 2.14. The predicted octanol–water partition coefficient (Wildman–Crippen LogP) is 3.75. The van der Waals surface area contributed by atoms with E-state index in [9.17, 15) is 4.79 Å². The minimum absolute atomic E-state index is 0.238. The van der Waals surface area contributed by atoms with Crippen LogP contribution in [0.1, 0.15) is 27.2 Å². The number of aromatic carboxylic acids is 1. The Morgan fingerprint density at radius 1 is 1.04 bits per heavy atom. The Morgan fingerprint density at radius 3 is 2.39 bits per heavy atom. The Bertz CT molecular complexity index is 897. The lowest BCUT2D eigenvalue weighted by molar-refractivity contribution is 0.0697. The SMILES string of the molecule is Cc1onc(-c2ccccc2)c1C#Cc1ccc(C(=O)O)cc1. The van der Waals surface area contributed by atoms with E-state index in [1.54, 1.807) is 12.1 Å². The lowest BCUT2D eigenvalue weighted by Crippen LogP contribution is -1.94. The highest BCUT2D eigenvalue weighted by Gasteiger charge is 2.12. The van der Waals surface area contributed by atoms with Gasteiger partial charge in [0.05, 0.1) is 11.1 Å². The molecule has 112 valence electrons. The van der Waals surface area contributed by atoms with E-state index in [4.69, 9.17) is 9.63 Å². The van der Waals surface area contributed by atoms with Crippen LogP contribution in [0.3, 0.4) is 0 Å². The van der Waals surface area contributed by atoms with E-state index in [-0.39, 0.29) is 5.56 Å². The maximum atomic E-state index is 10.8. The van der Waals surface area contributed by atoms with Crippen LogP contribution in [0.25, 0.3) is 11.3 Å². The van der Waals surface area contributed by atoms with Gasteiger partial charge in [0, 0.05) is 11.1 Å². The highest BCUT2D eigenvalue weighted by Crippen LogP contribution is 2.24. The van der Waals surface area contributed by atoms with E-state index >= 15 is 0 Å². The van der Waals surface area contributed by atoms with Crippen LogP contribution in [0.4, 0.5) is 0 Å². The maximum Gasteiger partial charge on any atom is 0.335 e. The van der Waals surface area contributed by atoms with Crippen molar-refractivity contribution in [3.63, 3.8) is 0 Å². The molecule has 0 aliphatic rings. The minimum atomic E-state index is -0.953. The van der Waals surface area contributed by atoms with Crippen LogP contribution < -0.4 is 0 Å². The molecule has 0 aliphatic heterocycles. The van der Waals surface area contributed by atoms with Crippen LogP contribution in [-0.4, -0.2) is 16.2 Å². The van der Waals surface area contributed by atoms with Crippen molar-refractivity contribution in [2.24, 2.45) is 0 Å². The Balaban J connectivity index is 1.95. The fourth-order valence-electron chi connectivity index (χ4n) is 2.14. The number of aryl methyl sites for hydroxylation is 1. The van der Waals surface area contributed by atoms with E-state index in [0.29, 0.717) is 11.5 Å². The van der Waals surface area contributed by atoms with Gasteiger partial charge in [-0.1, -0.05) is 47.3 Å². The molecule has 0 aliphatic carbocycles. The van der Waals surface area contributed by atoms with Crippen molar-refractivity contribution in [2.75, 3.05) is 0 Å². The second kappa shape index (κ2) is 6.20. The Hall–Kier alpha value is -3.32. The summed E-state index contributed by atoms with van der Waals surface area (Å²) in [4.78, 5) is 10.8. The van der Waals surface area contributed by atoms with Gasteiger partial charge >= 0.3 is 5.97 Å². The number of aromatic nitrogens is 1. The summed E-state index contributed by atoms with van der Waals surface area (Å²) in [7, 11) is 0. The van der Waals surface area contributed by atoms with Gasteiger partial charge in [0.15, 0.2) is 0 Å². The minimum Gasteiger partial charge on any atom is -0.478 e. The molecule has 4 heteroatoms. The van der Waals surface area contributed by atoms with Crippen molar-refractivity contribution >= 4 is 5.97 Å². The monoisotopic (exact) mass is 303 g/mol. The molecule has 1 aromatic heterocycles. The normalized spacial score (nSPS) is 9.96. The van der Waals surface area contributed by atoms with Gasteiger partial charge in [-0.3, -0.25) is 0 Å². The zero-order chi connectivity index (χ0) is 16.2. The molecule has 2 aromatic carbocycles. The molecule has 4 nitrogen and oxygen atoms in total. The number of rotatable bonds is 2. The average Bonchev–Trinajstić information content (AvgIpc) is 2.95. The number of hydrogen-bond acceptors (Lipinski definition) is 3. The number of carbonyl (C=O) groups is 1. The fraction of sp³-hybridized carbons (Fsp3) is 0.0526. The number of hydrogen-bond donors (Lipinski definition) is 1. The summed E-state index contributed by atoms with van der Waals surface area (Å²) < 4.78 is 5.26. The van der Waals surface area contributed by atoms with Gasteiger partial charge < -0.3 is 9.63 Å². The van der Waals surface area contributed by atoms with Gasteiger partial charge in [-0.05, 0) is 31.2 Å². The van der Waals surface area contributed by atoms with Gasteiger partial charge in [-0.15, -0.1) is 0 Å². The standard InChI is InChI=1S/C19H13NO3/c1-13-17(18(20-23-13)15-5-3-2-4-6-15)12-9-14-7-10-16(11-8-14)19(21)22/h2-8,10-11H,1H3,(H,21,22). The van der Waals surface area contributed by atoms with Gasteiger partial charge in [-0.25, -0.2) is 4.79 Å². The number of benzene rings is 2. The molecule has 0 fully saturated rings. The van der Waals surface area contributed by atoms with Crippen molar-refractivity contribution in [1.82, 2.24) is 5.16 Å². The molecule has 1 heterocycles. The first-order valence-corrected chi connectivity index (χ1v) is 7.02. The number of nitrogens with zero attached hydrogens (tertiary/aromatic N) is 1. The van der Waals surface area contributed by atoms with Crippen molar-refractivity contribution in [1.29, 1.82) is 0 Å². The molecular formula is C19H13NO3. The van der Waals surface area contributed by atoms with E-state index in [0.717, 1.165) is 16.7 Å². The van der Waals surface area contributed by atoms with E-state index in [1.807, 2.05) is 37.3 Å². The van der Waals surface area contributed by atoms with Gasteiger partial charge in [-0.2, -0.15) is 0 Å². The van der Waals surface area contributed by atoms with Crippen LogP contribution in [0, 0.1) is 18.8 Å². The Labute approximate surface area is 133 Å². The number of carboxylic acid groups (broad SMARTS) is 1. The van der Waals surface area contributed by atoms with Crippen molar-refractivity contribution in [2.45, 2.75) is 6.92 Å². The van der Waals surface area contributed by atoms with Crippen molar-refractivity contribution < 1.29 is 14.4 Å². The maximum absolute atomic E-state index is 10.8. The molecule has 23 heavy (non-hydrogen) atoms. The first kappa shape index (κ1) is 14.6. The number of carboxylic acids is 1. The highest BCUT2D eigenvalue weighted by molar-refractivity contribution is 5.87. The molecule has 0 saturated carbocycles. The summed E-state index contributed by atoms with van der Waals surface area (Å²) in [6.45, 7) is 1.82. The first-order valence-electron chi connectivity index (χ1n) is 7.02. The molecule has 0 atom stereocenters. The third-order valence-electron chi connectivity index (χ3n) is 3.37. The van der Waals surface area contributed by atoms with Crippen molar-refractivity contribution in [3.8, 4) is 23.1 Å². The van der Waals surface area contributed by atoms with Crippen LogP contribution in [-0.2, 0) is 0 Å². The van der Waals surface area contributed by atoms with E-state index in [2.05, 4.69) is 17.0 Å². The lowest BCUT2D eigenvalue weighted by Gasteiger charge is -1.96. The Kier molecular flexibility index (Phi) is 3.94. The zero-order valence-corrected chi connectivity index (χ0v) is 12.4. The van der Waals surface area contributed by atoms with Gasteiger partial charge in [0.1, 0.15) is 11.5 Å². The third-order valence-corrected chi connectivity index (χ3v) is 3.37. The molecule has 3 aromatic rings. The third kappa shape index (κ3) is 3.14. The molecule has 1 N–H and O–H groups in total. The molecule has 0 radical (unpaired) electrons.